The van der Waals surface area contributed by atoms with Gasteiger partial charge in [-0.15, -0.1) is 0 Å². The van der Waals surface area contributed by atoms with E-state index in [9.17, 15) is 13.4 Å². The van der Waals surface area contributed by atoms with Crippen LogP contribution in [-0.4, -0.2) is 15.9 Å². The number of halogens is 1. The highest BCUT2D eigenvalue weighted by molar-refractivity contribution is 7.85. The SMILES string of the molecule is NC(=O)CCS(=O)c1ccc(F)cc1. The molecule has 1 amide bonds. The average Bonchev–Trinajstić information content (AvgIpc) is 2.15. The summed E-state index contributed by atoms with van der Waals surface area (Å²) in [5.41, 5.74) is 4.91. The molecule has 0 aliphatic heterocycles. The summed E-state index contributed by atoms with van der Waals surface area (Å²) in [6, 6.07) is 5.34. The molecule has 0 spiro atoms. The van der Waals surface area contributed by atoms with Crippen LogP contribution in [0.2, 0.25) is 0 Å². The largest absolute Gasteiger partial charge is 0.370 e. The molecule has 0 aliphatic carbocycles. The highest BCUT2D eigenvalue weighted by atomic mass is 32.2. The fourth-order valence-electron chi connectivity index (χ4n) is 0.898. The summed E-state index contributed by atoms with van der Waals surface area (Å²) in [4.78, 5) is 10.9. The van der Waals surface area contributed by atoms with Crippen molar-refractivity contribution in [2.45, 2.75) is 11.3 Å². The lowest BCUT2D eigenvalue weighted by Gasteiger charge is -1.99. The zero-order chi connectivity index (χ0) is 10.6. The Kier molecular flexibility index (Phi) is 3.76. The first-order valence-corrected chi connectivity index (χ1v) is 5.34. The van der Waals surface area contributed by atoms with E-state index >= 15 is 0 Å². The Morgan fingerprint density at radius 3 is 2.43 bits per heavy atom. The molecule has 5 heteroatoms. The number of amides is 1. The molecule has 1 atom stereocenters. The Morgan fingerprint density at radius 1 is 1.36 bits per heavy atom. The number of carbonyl (C=O) groups excluding carboxylic acids is 1. The molecule has 0 saturated heterocycles. The van der Waals surface area contributed by atoms with Crippen molar-refractivity contribution in [3.63, 3.8) is 0 Å². The molecule has 0 saturated carbocycles. The number of rotatable bonds is 4. The lowest BCUT2D eigenvalue weighted by molar-refractivity contribution is -0.117. The van der Waals surface area contributed by atoms with Gasteiger partial charge in [-0.25, -0.2) is 4.39 Å². The second-order valence-corrected chi connectivity index (χ2v) is 4.29. The first-order chi connectivity index (χ1) is 6.59. The molecule has 0 aliphatic rings. The van der Waals surface area contributed by atoms with Crippen molar-refractivity contribution in [2.24, 2.45) is 5.73 Å². The van der Waals surface area contributed by atoms with E-state index in [0.717, 1.165) is 0 Å². The van der Waals surface area contributed by atoms with E-state index in [0.29, 0.717) is 4.90 Å². The zero-order valence-corrected chi connectivity index (χ0v) is 8.22. The highest BCUT2D eigenvalue weighted by Crippen LogP contribution is 2.08. The van der Waals surface area contributed by atoms with Crippen LogP contribution < -0.4 is 5.73 Å². The lowest BCUT2D eigenvalue weighted by Crippen LogP contribution is -2.14. The highest BCUT2D eigenvalue weighted by Gasteiger charge is 2.05. The topological polar surface area (TPSA) is 60.2 Å². The summed E-state index contributed by atoms with van der Waals surface area (Å²) in [6.07, 6.45) is 0.0734. The third kappa shape index (κ3) is 3.26. The molecule has 0 aromatic heterocycles. The van der Waals surface area contributed by atoms with Crippen LogP contribution in [0.25, 0.3) is 0 Å². The Balaban J connectivity index is 2.61. The number of hydrogen-bond acceptors (Lipinski definition) is 2. The molecule has 0 radical (unpaired) electrons. The molecular weight excluding hydrogens is 205 g/mol. The van der Waals surface area contributed by atoms with Crippen molar-refractivity contribution in [1.29, 1.82) is 0 Å². The van der Waals surface area contributed by atoms with Crippen molar-refractivity contribution >= 4 is 16.7 Å². The van der Waals surface area contributed by atoms with E-state index in [2.05, 4.69) is 0 Å². The van der Waals surface area contributed by atoms with Crippen LogP contribution in [-0.2, 0) is 15.6 Å². The molecule has 14 heavy (non-hydrogen) atoms. The molecular formula is C9H10FNO2S. The third-order valence-corrected chi connectivity index (χ3v) is 2.98. The maximum absolute atomic E-state index is 12.5. The molecule has 3 nitrogen and oxygen atoms in total. The molecule has 1 rings (SSSR count). The van der Waals surface area contributed by atoms with Gasteiger partial charge in [-0.1, -0.05) is 0 Å². The van der Waals surface area contributed by atoms with E-state index in [1.165, 1.54) is 24.3 Å². The number of primary amides is 1. The van der Waals surface area contributed by atoms with Crippen LogP contribution in [0.3, 0.4) is 0 Å². The van der Waals surface area contributed by atoms with Crippen molar-refractivity contribution in [1.82, 2.24) is 0 Å². The summed E-state index contributed by atoms with van der Waals surface area (Å²) in [7, 11) is -1.28. The maximum Gasteiger partial charge on any atom is 0.218 e. The number of nitrogens with two attached hydrogens (primary N) is 1. The smallest absolute Gasteiger partial charge is 0.218 e. The molecule has 1 aromatic rings. The molecule has 1 aromatic carbocycles. The summed E-state index contributed by atoms with van der Waals surface area (Å²) in [6.45, 7) is 0. The first-order valence-electron chi connectivity index (χ1n) is 4.02. The Bertz CT molecular complexity index is 350. The van der Waals surface area contributed by atoms with Gasteiger partial charge in [-0.2, -0.15) is 0 Å². The van der Waals surface area contributed by atoms with Gasteiger partial charge < -0.3 is 5.73 Å². The normalized spacial score (nSPS) is 12.4. The Labute approximate surface area is 83.6 Å². The minimum absolute atomic E-state index is 0.0734. The van der Waals surface area contributed by atoms with Gasteiger partial charge in [0.1, 0.15) is 5.82 Å². The summed E-state index contributed by atoms with van der Waals surface area (Å²) in [5, 5.41) is 0. The van der Waals surface area contributed by atoms with Crippen LogP contribution in [0.4, 0.5) is 4.39 Å². The third-order valence-electron chi connectivity index (χ3n) is 1.61. The Hall–Kier alpha value is -1.23. The minimum Gasteiger partial charge on any atom is -0.370 e. The number of carbonyl (C=O) groups is 1. The van der Waals surface area contributed by atoms with Gasteiger partial charge in [0.2, 0.25) is 5.91 Å². The Morgan fingerprint density at radius 2 is 1.93 bits per heavy atom. The van der Waals surface area contributed by atoms with Crippen LogP contribution in [0.5, 0.6) is 0 Å². The van der Waals surface area contributed by atoms with Gasteiger partial charge in [0.25, 0.3) is 0 Å². The van der Waals surface area contributed by atoms with Crippen LogP contribution in [0.15, 0.2) is 29.2 Å². The van der Waals surface area contributed by atoms with E-state index in [-0.39, 0.29) is 18.0 Å². The molecule has 0 bridgehead atoms. The van der Waals surface area contributed by atoms with Crippen LogP contribution in [0, 0.1) is 5.82 Å². The van der Waals surface area contributed by atoms with Crippen LogP contribution in [0.1, 0.15) is 6.42 Å². The standard InChI is InChI=1S/C9H10FNO2S/c10-7-1-3-8(4-2-7)14(13)6-5-9(11)12/h1-4H,5-6H2,(H2,11,12). The molecule has 0 heterocycles. The predicted molar refractivity (Wildman–Crippen MR) is 51.5 cm³/mol. The lowest BCUT2D eigenvalue weighted by atomic mass is 10.4. The van der Waals surface area contributed by atoms with E-state index < -0.39 is 16.7 Å². The summed E-state index contributed by atoms with van der Waals surface area (Å²) in [5.74, 6) is -0.679. The fraction of sp³-hybridized carbons (Fsp3) is 0.222. The van der Waals surface area contributed by atoms with Gasteiger partial charge in [0.05, 0.1) is 10.8 Å². The van der Waals surface area contributed by atoms with Crippen molar-refractivity contribution in [2.75, 3.05) is 5.75 Å². The monoisotopic (exact) mass is 215 g/mol. The second-order valence-electron chi connectivity index (χ2n) is 2.72. The average molecular weight is 215 g/mol. The minimum atomic E-state index is -1.28. The van der Waals surface area contributed by atoms with E-state index in [4.69, 9.17) is 5.73 Å². The maximum atomic E-state index is 12.5. The summed E-state index contributed by atoms with van der Waals surface area (Å²) < 4.78 is 23.9. The molecule has 0 fully saturated rings. The summed E-state index contributed by atoms with van der Waals surface area (Å²) >= 11 is 0. The zero-order valence-electron chi connectivity index (χ0n) is 7.40. The van der Waals surface area contributed by atoms with Crippen LogP contribution >= 0.6 is 0 Å². The van der Waals surface area contributed by atoms with Gasteiger partial charge in [0, 0.05) is 17.1 Å². The van der Waals surface area contributed by atoms with Gasteiger partial charge >= 0.3 is 0 Å². The predicted octanol–water partition coefficient (Wildman–Crippen LogP) is 0.809. The number of hydrogen-bond donors (Lipinski definition) is 1. The molecule has 76 valence electrons. The van der Waals surface area contributed by atoms with Gasteiger partial charge in [0.15, 0.2) is 0 Å². The molecule has 2 N–H and O–H groups in total. The van der Waals surface area contributed by atoms with Gasteiger partial charge in [-0.05, 0) is 24.3 Å². The van der Waals surface area contributed by atoms with E-state index in [1.54, 1.807) is 0 Å². The fourth-order valence-corrected chi connectivity index (χ4v) is 1.96. The quantitative estimate of drug-likeness (QED) is 0.807. The van der Waals surface area contributed by atoms with E-state index in [1.807, 2.05) is 0 Å². The second kappa shape index (κ2) is 4.85. The van der Waals surface area contributed by atoms with Crippen molar-refractivity contribution < 1.29 is 13.4 Å². The van der Waals surface area contributed by atoms with Crippen molar-refractivity contribution in [3.8, 4) is 0 Å². The molecule has 1 unspecified atom stereocenters. The number of benzene rings is 1. The first kappa shape index (κ1) is 10.8. The van der Waals surface area contributed by atoms with Crippen molar-refractivity contribution in [3.05, 3.63) is 30.1 Å². The van der Waals surface area contributed by atoms with Gasteiger partial charge in [-0.3, -0.25) is 9.00 Å².